The Morgan fingerprint density at radius 3 is 2.29 bits per heavy atom. The molecule has 0 spiro atoms. The molecule has 0 saturated heterocycles. The number of carbonyl (C=O) groups excluding carboxylic acids is 3. The average molecular weight is 617 g/mol. The zero-order valence-electron chi connectivity index (χ0n) is 29.0. The van der Waals surface area contributed by atoms with E-state index in [4.69, 9.17) is 9.47 Å². The van der Waals surface area contributed by atoms with Gasteiger partial charge in [0.25, 0.3) is 0 Å². The molecular formula is C40H56O5. The van der Waals surface area contributed by atoms with E-state index in [1.165, 1.54) is 5.57 Å². The number of carbonyl (C=O) groups is 3. The monoisotopic (exact) mass is 616 g/mol. The van der Waals surface area contributed by atoms with E-state index in [0.29, 0.717) is 37.4 Å². The van der Waals surface area contributed by atoms with E-state index >= 15 is 0 Å². The van der Waals surface area contributed by atoms with Crippen LogP contribution in [0.15, 0.2) is 42.0 Å². The van der Waals surface area contributed by atoms with Crippen molar-refractivity contribution in [2.45, 2.75) is 113 Å². The molecule has 0 aliphatic heterocycles. The van der Waals surface area contributed by atoms with Crippen LogP contribution in [-0.4, -0.2) is 24.3 Å². The topological polar surface area (TPSA) is 69.7 Å². The summed E-state index contributed by atoms with van der Waals surface area (Å²) >= 11 is 0. The lowest BCUT2D eigenvalue weighted by atomic mass is 9.33. The summed E-state index contributed by atoms with van der Waals surface area (Å²) < 4.78 is 11.7. The van der Waals surface area contributed by atoms with Gasteiger partial charge in [0.15, 0.2) is 5.78 Å². The van der Waals surface area contributed by atoms with E-state index in [1.54, 1.807) is 0 Å². The third kappa shape index (κ3) is 4.55. The molecule has 246 valence electrons. The number of hydrogen-bond acceptors (Lipinski definition) is 5. The summed E-state index contributed by atoms with van der Waals surface area (Å²) in [6, 6.07) is 10.0. The van der Waals surface area contributed by atoms with Gasteiger partial charge in [-0.2, -0.15) is 0 Å². The molecule has 0 bridgehead atoms. The number of fused-ring (bicyclic) bond motifs is 7. The van der Waals surface area contributed by atoms with E-state index in [2.05, 4.69) is 54.5 Å². The molecular weight excluding hydrogens is 560 g/mol. The predicted molar refractivity (Wildman–Crippen MR) is 176 cm³/mol. The minimum atomic E-state index is -0.695. The standard InChI is InChI=1S/C40H56O5/c1-9-44-34(42)28-23-37(6)30(36(4,5)33(28)41)18-19-39(8)31(37)16-15-29-32-26(3)25(2)17-20-40(32,22-21-38(29,39)7)35(43)45-24-27-13-11-10-12-14-27/h10-15,25-26,28,30-32H,9,16-24H2,1-8H3/t25-,26+,28?,30+,31-,32+,37+,38-,39-,40+/m1/s1. The minimum Gasteiger partial charge on any atom is -0.465 e. The fourth-order valence-electron chi connectivity index (χ4n) is 12.1. The largest absolute Gasteiger partial charge is 0.465 e. The molecule has 1 aromatic rings. The van der Waals surface area contributed by atoms with Gasteiger partial charge >= 0.3 is 11.9 Å². The van der Waals surface area contributed by atoms with Crippen molar-refractivity contribution >= 4 is 17.7 Å². The zero-order valence-corrected chi connectivity index (χ0v) is 29.0. The first-order valence-corrected chi connectivity index (χ1v) is 17.8. The molecule has 1 aromatic carbocycles. The summed E-state index contributed by atoms with van der Waals surface area (Å²) in [7, 11) is 0. The third-order valence-corrected chi connectivity index (χ3v) is 14.9. The molecule has 45 heavy (non-hydrogen) atoms. The first-order chi connectivity index (χ1) is 21.2. The molecule has 0 N–H and O–H groups in total. The summed E-state index contributed by atoms with van der Waals surface area (Å²) in [6.45, 7) is 18.8. The van der Waals surface area contributed by atoms with Gasteiger partial charge in [0.2, 0.25) is 0 Å². The fourth-order valence-corrected chi connectivity index (χ4v) is 12.1. The molecule has 5 aliphatic carbocycles. The van der Waals surface area contributed by atoms with Crippen LogP contribution >= 0.6 is 0 Å². The summed E-state index contributed by atoms with van der Waals surface area (Å²) in [5.41, 5.74) is 1.25. The SMILES string of the molecule is CCOC(=O)C1C[C@]2(C)[C@H]3CC=C4[C@@H]5[C@@H](C)[C@H](C)CC[C@]5(C(=O)OCc5ccccc5)CC[C@@]4(C)[C@]3(C)CC[C@H]2C(C)(C)C1=O. The molecule has 0 amide bonds. The first-order valence-electron chi connectivity index (χ1n) is 17.8. The van der Waals surface area contributed by atoms with Crippen molar-refractivity contribution in [2.24, 2.45) is 62.6 Å². The Morgan fingerprint density at radius 1 is 0.889 bits per heavy atom. The van der Waals surface area contributed by atoms with Gasteiger partial charge in [-0.25, -0.2) is 0 Å². The quantitative estimate of drug-likeness (QED) is 0.188. The fraction of sp³-hybridized carbons (Fsp3) is 0.725. The summed E-state index contributed by atoms with van der Waals surface area (Å²) in [6.07, 6.45) is 9.87. The third-order valence-electron chi connectivity index (χ3n) is 14.9. The van der Waals surface area contributed by atoms with Crippen molar-refractivity contribution in [3.05, 3.63) is 47.5 Å². The van der Waals surface area contributed by atoms with Crippen molar-refractivity contribution in [2.75, 3.05) is 6.61 Å². The van der Waals surface area contributed by atoms with Gasteiger partial charge in [-0.15, -0.1) is 0 Å². The van der Waals surface area contributed by atoms with Crippen LogP contribution in [0.1, 0.15) is 112 Å². The maximum atomic E-state index is 14.3. The molecule has 4 saturated carbocycles. The molecule has 1 unspecified atom stereocenters. The van der Waals surface area contributed by atoms with Crippen LogP contribution in [0.25, 0.3) is 0 Å². The maximum absolute atomic E-state index is 14.3. The first kappa shape index (κ1) is 32.5. The zero-order chi connectivity index (χ0) is 32.6. The van der Waals surface area contributed by atoms with Crippen LogP contribution in [0.5, 0.6) is 0 Å². The number of ketones is 1. The van der Waals surface area contributed by atoms with Crippen molar-refractivity contribution in [1.29, 1.82) is 0 Å². The second-order valence-electron chi connectivity index (χ2n) is 17.0. The highest BCUT2D eigenvalue weighted by Crippen LogP contribution is 2.76. The summed E-state index contributed by atoms with van der Waals surface area (Å²) in [4.78, 5) is 41.3. The Morgan fingerprint density at radius 2 is 1.60 bits per heavy atom. The van der Waals surface area contributed by atoms with Crippen LogP contribution < -0.4 is 0 Å². The maximum Gasteiger partial charge on any atom is 0.316 e. The number of esters is 2. The van der Waals surface area contributed by atoms with Gasteiger partial charge < -0.3 is 9.47 Å². The lowest BCUT2D eigenvalue weighted by Crippen LogP contribution is -2.66. The van der Waals surface area contributed by atoms with E-state index in [0.717, 1.165) is 50.5 Å². The van der Waals surface area contributed by atoms with Crippen molar-refractivity contribution < 1.29 is 23.9 Å². The number of benzene rings is 1. The smallest absolute Gasteiger partial charge is 0.316 e. The molecule has 4 fully saturated rings. The van der Waals surface area contributed by atoms with Gasteiger partial charge in [-0.1, -0.05) is 90.4 Å². The van der Waals surface area contributed by atoms with Gasteiger partial charge in [0, 0.05) is 5.41 Å². The van der Waals surface area contributed by atoms with E-state index < -0.39 is 16.7 Å². The Bertz CT molecular complexity index is 1380. The van der Waals surface area contributed by atoms with Crippen LogP contribution in [0.4, 0.5) is 0 Å². The minimum absolute atomic E-state index is 0.00147. The van der Waals surface area contributed by atoms with Crippen LogP contribution in [0.2, 0.25) is 0 Å². The lowest BCUT2D eigenvalue weighted by Gasteiger charge is -2.71. The van der Waals surface area contributed by atoms with E-state index in [9.17, 15) is 14.4 Å². The highest BCUT2D eigenvalue weighted by atomic mass is 16.5. The molecule has 10 atom stereocenters. The molecule has 0 aromatic heterocycles. The second-order valence-corrected chi connectivity index (χ2v) is 17.0. The summed E-state index contributed by atoms with van der Waals surface area (Å²) in [5, 5.41) is 0. The van der Waals surface area contributed by atoms with Crippen molar-refractivity contribution in [3.8, 4) is 0 Å². The number of Topliss-reactive ketones (excluding diaryl/α,β-unsaturated/α-hetero) is 1. The van der Waals surface area contributed by atoms with Gasteiger partial charge in [-0.3, -0.25) is 14.4 Å². The predicted octanol–water partition coefficient (Wildman–Crippen LogP) is 8.75. The molecule has 5 aliphatic rings. The van der Waals surface area contributed by atoms with Crippen molar-refractivity contribution in [1.82, 2.24) is 0 Å². The lowest BCUT2D eigenvalue weighted by molar-refractivity contribution is -0.201. The highest BCUT2D eigenvalue weighted by molar-refractivity contribution is 6.02. The molecule has 0 radical (unpaired) electrons. The van der Waals surface area contributed by atoms with Crippen LogP contribution in [0, 0.1) is 62.6 Å². The highest BCUT2D eigenvalue weighted by Gasteiger charge is 2.71. The summed E-state index contributed by atoms with van der Waals surface area (Å²) in [5.74, 6) is 0.685. The van der Waals surface area contributed by atoms with E-state index in [1.807, 2.05) is 37.3 Å². The van der Waals surface area contributed by atoms with Gasteiger partial charge in [0.1, 0.15) is 12.5 Å². The second kappa shape index (κ2) is 11.1. The normalized spacial score (nSPS) is 43.5. The average Bonchev–Trinajstić information content (AvgIpc) is 3.00. The van der Waals surface area contributed by atoms with Crippen molar-refractivity contribution in [3.63, 3.8) is 0 Å². The molecule has 0 heterocycles. The Kier molecular flexibility index (Phi) is 8.01. The van der Waals surface area contributed by atoms with E-state index in [-0.39, 0.29) is 45.8 Å². The Balaban J connectivity index is 1.38. The molecule has 6 rings (SSSR count). The van der Waals surface area contributed by atoms with Crippen LogP contribution in [-0.2, 0) is 30.5 Å². The van der Waals surface area contributed by atoms with Crippen LogP contribution in [0.3, 0.4) is 0 Å². The molecule has 5 heteroatoms. The number of allylic oxidation sites excluding steroid dienone is 2. The molecule has 5 nitrogen and oxygen atoms in total. The number of rotatable bonds is 5. The number of ether oxygens (including phenoxy) is 2. The van der Waals surface area contributed by atoms with Gasteiger partial charge in [0.05, 0.1) is 12.0 Å². The Labute approximate surface area is 271 Å². The Hall–Kier alpha value is -2.43. The van der Waals surface area contributed by atoms with Gasteiger partial charge in [-0.05, 0) is 110 Å². The number of hydrogen-bond donors (Lipinski definition) is 0.